The van der Waals surface area contributed by atoms with E-state index in [1.54, 1.807) is 5.56 Å². The van der Waals surface area contributed by atoms with Crippen molar-refractivity contribution in [3.8, 4) is 0 Å². The van der Waals surface area contributed by atoms with Crippen molar-refractivity contribution in [1.29, 1.82) is 0 Å². The van der Waals surface area contributed by atoms with Gasteiger partial charge < -0.3 is 5.32 Å². The summed E-state index contributed by atoms with van der Waals surface area (Å²) < 4.78 is 0. The maximum Gasteiger partial charge on any atom is 0.00683 e. The van der Waals surface area contributed by atoms with E-state index in [1.807, 2.05) is 11.3 Å². The van der Waals surface area contributed by atoms with Crippen LogP contribution >= 0.6 is 11.3 Å². The van der Waals surface area contributed by atoms with Gasteiger partial charge in [-0.2, -0.15) is 0 Å². The normalized spacial score (nSPS) is 20.2. The Labute approximate surface area is 96.9 Å². The highest BCUT2D eigenvalue weighted by molar-refractivity contribution is 7.10. The van der Waals surface area contributed by atoms with Gasteiger partial charge in [0.15, 0.2) is 0 Å². The Kier molecular flexibility index (Phi) is 3.47. The minimum absolute atomic E-state index is 0.683. The molecule has 1 heterocycles. The molecule has 84 valence electrons. The molecule has 2 rings (SSSR count). The smallest absolute Gasteiger partial charge is 0.00683 e. The van der Waals surface area contributed by atoms with E-state index in [2.05, 4.69) is 37.5 Å². The molecule has 0 aliphatic heterocycles. The van der Waals surface area contributed by atoms with E-state index in [1.165, 1.54) is 24.3 Å². The first-order valence-corrected chi connectivity index (χ1v) is 6.84. The van der Waals surface area contributed by atoms with Gasteiger partial charge in [-0.05, 0) is 55.2 Å². The Morgan fingerprint density at radius 1 is 1.47 bits per heavy atom. The van der Waals surface area contributed by atoms with Crippen molar-refractivity contribution in [2.24, 2.45) is 5.92 Å². The predicted octanol–water partition coefficient (Wildman–Crippen LogP) is 3.55. The Morgan fingerprint density at radius 3 is 2.73 bits per heavy atom. The van der Waals surface area contributed by atoms with Crippen LogP contribution < -0.4 is 5.32 Å². The molecular weight excluding hydrogens is 202 g/mol. The van der Waals surface area contributed by atoms with Gasteiger partial charge in [-0.1, -0.05) is 13.8 Å². The fourth-order valence-corrected chi connectivity index (χ4v) is 2.80. The molecule has 1 aliphatic carbocycles. The van der Waals surface area contributed by atoms with Crippen molar-refractivity contribution in [3.63, 3.8) is 0 Å². The first-order valence-electron chi connectivity index (χ1n) is 5.96. The third kappa shape index (κ3) is 2.82. The topological polar surface area (TPSA) is 12.0 Å². The molecule has 1 saturated carbocycles. The Bertz CT molecular complexity index is 314. The van der Waals surface area contributed by atoms with Crippen LogP contribution in [-0.2, 0) is 0 Å². The summed E-state index contributed by atoms with van der Waals surface area (Å²) in [7, 11) is 0. The van der Waals surface area contributed by atoms with Crippen LogP contribution in [0.5, 0.6) is 0 Å². The zero-order chi connectivity index (χ0) is 10.8. The minimum atomic E-state index is 0.683. The van der Waals surface area contributed by atoms with Crippen LogP contribution in [0, 0.1) is 12.8 Å². The molecule has 0 aromatic carbocycles. The molecule has 0 radical (unpaired) electrons. The number of aryl methyl sites for hydroxylation is 1. The standard InChI is InChI=1S/C13H21NS/c1-9(8-14-12-4-5-12)10(2)13-6-7-15-11(13)3/h6-7,9-10,12,14H,4-5,8H2,1-3H3. The van der Waals surface area contributed by atoms with Gasteiger partial charge in [0.25, 0.3) is 0 Å². The zero-order valence-corrected chi connectivity index (χ0v) is 10.7. The number of nitrogens with one attached hydrogen (secondary N) is 1. The lowest BCUT2D eigenvalue weighted by atomic mass is 9.89. The number of rotatable bonds is 5. The molecule has 1 aliphatic rings. The number of thiophene rings is 1. The SMILES string of the molecule is Cc1sccc1C(C)C(C)CNC1CC1. The van der Waals surface area contributed by atoms with E-state index < -0.39 is 0 Å². The molecule has 1 aromatic rings. The van der Waals surface area contributed by atoms with Gasteiger partial charge in [0.2, 0.25) is 0 Å². The summed E-state index contributed by atoms with van der Waals surface area (Å²) in [5.74, 6) is 1.42. The molecule has 2 unspecified atom stereocenters. The highest BCUT2D eigenvalue weighted by Gasteiger charge is 2.23. The second kappa shape index (κ2) is 4.67. The van der Waals surface area contributed by atoms with Crippen molar-refractivity contribution in [3.05, 3.63) is 21.9 Å². The van der Waals surface area contributed by atoms with Crippen molar-refractivity contribution >= 4 is 11.3 Å². The molecular formula is C13H21NS. The van der Waals surface area contributed by atoms with E-state index in [-0.39, 0.29) is 0 Å². The average molecular weight is 223 g/mol. The second-order valence-electron chi connectivity index (χ2n) is 4.88. The van der Waals surface area contributed by atoms with E-state index >= 15 is 0 Å². The van der Waals surface area contributed by atoms with Gasteiger partial charge in [-0.15, -0.1) is 11.3 Å². The first-order chi connectivity index (χ1) is 7.18. The Morgan fingerprint density at radius 2 is 2.20 bits per heavy atom. The monoisotopic (exact) mass is 223 g/mol. The summed E-state index contributed by atoms with van der Waals surface area (Å²) in [5.41, 5.74) is 1.55. The highest BCUT2D eigenvalue weighted by atomic mass is 32.1. The fourth-order valence-electron chi connectivity index (χ4n) is 1.99. The van der Waals surface area contributed by atoms with E-state index in [0.717, 1.165) is 12.0 Å². The van der Waals surface area contributed by atoms with Gasteiger partial charge in [-0.25, -0.2) is 0 Å². The maximum absolute atomic E-state index is 3.62. The first kappa shape index (κ1) is 11.2. The summed E-state index contributed by atoms with van der Waals surface area (Å²) in [6.45, 7) is 8.12. The summed E-state index contributed by atoms with van der Waals surface area (Å²) in [4.78, 5) is 1.49. The Hall–Kier alpha value is -0.340. The molecule has 15 heavy (non-hydrogen) atoms. The second-order valence-corrected chi connectivity index (χ2v) is 6.00. The maximum atomic E-state index is 3.62. The third-order valence-corrected chi connectivity index (χ3v) is 4.41. The van der Waals surface area contributed by atoms with Gasteiger partial charge in [0, 0.05) is 10.9 Å². The quantitative estimate of drug-likeness (QED) is 0.805. The van der Waals surface area contributed by atoms with Crippen LogP contribution in [-0.4, -0.2) is 12.6 Å². The van der Waals surface area contributed by atoms with Crippen LogP contribution in [0.3, 0.4) is 0 Å². The summed E-state index contributed by atoms with van der Waals surface area (Å²) in [6.07, 6.45) is 2.77. The van der Waals surface area contributed by atoms with E-state index in [4.69, 9.17) is 0 Å². The molecule has 2 heteroatoms. The highest BCUT2D eigenvalue weighted by Crippen LogP contribution is 2.30. The lowest BCUT2D eigenvalue weighted by molar-refractivity contribution is 0.446. The molecule has 0 saturated heterocycles. The largest absolute Gasteiger partial charge is 0.314 e. The lowest BCUT2D eigenvalue weighted by Crippen LogP contribution is -2.26. The molecule has 0 spiro atoms. The van der Waals surface area contributed by atoms with Crippen molar-refractivity contribution in [2.45, 2.75) is 45.6 Å². The molecule has 1 aromatic heterocycles. The third-order valence-electron chi connectivity index (χ3n) is 3.55. The van der Waals surface area contributed by atoms with Crippen LogP contribution in [0.15, 0.2) is 11.4 Å². The summed E-state index contributed by atoms with van der Waals surface area (Å²) >= 11 is 1.87. The van der Waals surface area contributed by atoms with Gasteiger partial charge in [-0.3, -0.25) is 0 Å². The van der Waals surface area contributed by atoms with Gasteiger partial charge in [0.1, 0.15) is 0 Å². The Balaban J connectivity index is 1.88. The summed E-state index contributed by atoms with van der Waals surface area (Å²) in [5, 5.41) is 5.83. The lowest BCUT2D eigenvalue weighted by Gasteiger charge is -2.20. The average Bonchev–Trinajstić information content (AvgIpc) is 2.96. The van der Waals surface area contributed by atoms with E-state index in [9.17, 15) is 0 Å². The van der Waals surface area contributed by atoms with Gasteiger partial charge in [0.05, 0.1) is 0 Å². The number of hydrogen-bond acceptors (Lipinski definition) is 2. The summed E-state index contributed by atoms with van der Waals surface area (Å²) in [6, 6.07) is 3.13. The predicted molar refractivity (Wildman–Crippen MR) is 67.7 cm³/mol. The molecule has 0 bridgehead atoms. The zero-order valence-electron chi connectivity index (χ0n) is 9.92. The van der Waals surface area contributed by atoms with Crippen molar-refractivity contribution < 1.29 is 0 Å². The van der Waals surface area contributed by atoms with Crippen molar-refractivity contribution in [2.75, 3.05) is 6.54 Å². The van der Waals surface area contributed by atoms with Gasteiger partial charge >= 0.3 is 0 Å². The molecule has 0 amide bonds. The van der Waals surface area contributed by atoms with Crippen molar-refractivity contribution in [1.82, 2.24) is 5.32 Å². The minimum Gasteiger partial charge on any atom is -0.314 e. The molecule has 1 nitrogen and oxygen atoms in total. The fraction of sp³-hybridized carbons (Fsp3) is 0.692. The van der Waals surface area contributed by atoms with Crippen LogP contribution in [0.2, 0.25) is 0 Å². The molecule has 2 atom stereocenters. The van der Waals surface area contributed by atoms with Crippen LogP contribution in [0.4, 0.5) is 0 Å². The number of hydrogen-bond donors (Lipinski definition) is 1. The molecule has 1 N–H and O–H groups in total. The molecule has 1 fully saturated rings. The van der Waals surface area contributed by atoms with Crippen LogP contribution in [0.25, 0.3) is 0 Å². The van der Waals surface area contributed by atoms with Crippen LogP contribution in [0.1, 0.15) is 43.0 Å². The van der Waals surface area contributed by atoms with E-state index in [0.29, 0.717) is 5.92 Å².